The second-order valence-electron chi connectivity index (χ2n) is 6.04. The monoisotopic (exact) mass is 362 g/mol. The van der Waals surface area contributed by atoms with Crippen molar-refractivity contribution in [3.8, 4) is 6.07 Å². The average molecular weight is 363 g/mol. The van der Waals surface area contributed by atoms with Crippen molar-refractivity contribution in [1.29, 1.82) is 5.26 Å². The number of hydrogen-bond acceptors (Lipinski definition) is 2. The van der Waals surface area contributed by atoms with E-state index < -0.39 is 0 Å². The normalized spacial score (nSPS) is 10.9. The van der Waals surface area contributed by atoms with Crippen LogP contribution >= 0.6 is 11.6 Å². The molecule has 4 rings (SSSR count). The first-order valence-corrected chi connectivity index (χ1v) is 8.59. The van der Waals surface area contributed by atoms with Crippen LogP contribution in [0.5, 0.6) is 0 Å². The van der Waals surface area contributed by atoms with E-state index in [9.17, 15) is 10.1 Å². The van der Waals surface area contributed by atoms with Gasteiger partial charge in [-0.15, -0.1) is 0 Å². The van der Waals surface area contributed by atoms with E-state index in [1.807, 2.05) is 48.7 Å². The highest BCUT2D eigenvalue weighted by Gasteiger charge is 2.17. The lowest BCUT2D eigenvalue weighted by Gasteiger charge is -2.04. The highest BCUT2D eigenvalue weighted by molar-refractivity contribution is 6.31. The second kappa shape index (κ2) is 6.58. The fourth-order valence-corrected chi connectivity index (χ4v) is 3.36. The molecule has 0 atom stereocenters. The van der Waals surface area contributed by atoms with E-state index in [1.165, 1.54) is 0 Å². The van der Waals surface area contributed by atoms with Crippen molar-refractivity contribution in [3.05, 3.63) is 70.5 Å². The van der Waals surface area contributed by atoms with E-state index >= 15 is 0 Å². The van der Waals surface area contributed by atoms with Gasteiger partial charge in [-0.25, -0.2) is 0 Å². The number of H-pyrrole nitrogens is 2. The summed E-state index contributed by atoms with van der Waals surface area (Å²) in [6.07, 6.45) is 2.60. The Bertz CT molecular complexity index is 1170. The van der Waals surface area contributed by atoms with Gasteiger partial charge in [-0.1, -0.05) is 35.9 Å². The largest absolute Gasteiger partial charge is 0.361 e. The molecule has 3 N–H and O–H groups in total. The van der Waals surface area contributed by atoms with Crippen LogP contribution in [0, 0.1) is 11.3 Å². The van der Waals surface area contributed by atoms with Gasteiger partial charge < -0.3 is 15.3 Å². The third-order valence-corrected chi connectivity index (χ3v) is 4.69. The number of aromatic nitrogens is 2. The SMILES string of the molecule is N#Cc1c(C(=O)NCCc2c[nH]c3cc(Cl)ccc23)[nH]c2ccccc12. The molecule has 0 spiro atoms. The zero-order valence-electron chi connectivity index (χ0n) is 13.8. The molecule has 6 heteroatoms. The molecule has 0 radical (unpaired) electrons. The number of benzene rings is 2. The molecule has 0 aliphatic heterocycles. The van der Waals surface area contributed by atoms with Crippen LogP contribution in [0.3, 0.4) is 0 Å². The summed E-state index contributed by atoms with van der Waals surface area (Å²) >= 11 is 6.00. The number of amides is 1. The Hall–Kier alpha value is -3.23. The van der Waals surface area contributed by atoms with E-state index in [4.69, 9.17) is 11.6 Å². The number of para-hydroxylation sites is 1. The number of fused-ring (bicyclic) bond motifs is 2. The molecule has 0 bridgehead atoms. The maximum absolute atomic E-state index is 12.5. The van der Waals surface area contributed by atoms with Gasteiger partial charge in [0.25, 0.3) is 5.91 Å². The minimum atomic E-state index is -0.277. The number of nitrogens with one attached hydrogen (secondary N) is 3. The van der Waals surface area contributed by atoms with Crippen molar-refractivity contribution in [3.63, 3.8) is 0 Å². The fourth-order valence-electron chi connectivity index (χ4n) is 3.19. The molecule has 4 aromatic rings. The molecular weight excluding hydrogens is 348 g/mol. The Kier molecular flexibility index (Phi) is 4.11. The molecule has 5 nitrogen and oxygen atoms in total. The van der Waals surface area contributed by atoms with Crippen LogP contribution in [0.2, 0.25) is 5.02 Å². The summed E-state index contributed by atoms with van der Waals surface area (Å²) in [7, 11) is 0. The van der Waals surface area contributed by atoms with Crippen LogP contribution in [-0.4, -0.2) is 22.4 Å². The quantitative estimate of drug-likeness (QED) is 0.509. The number of halogens is 1. The molecule has 2 heterocycles. The predicted molar refractivity (Wildman–Crippen MR) is 102 cm³/mol. The lowest BCUT2D eigenvalue weighted by atomic mass is 10.1. The first-order valence-electron chi connectivity index (χ1n) is 8.22. The molecule has 0 saturated carbocycles. The standard InChI is InChI=1S/C20H15ClN4O/c21-13-5-6-14-12(11-24-18(14)9-13)7-8-23-20(26)19-16(10-22)15-3-1-2-4-17(15)25-19/h1-6,9,11,24-25H,7-8H2,(H,23,26). The van der Waals surface area contributed by atoms with Gasteiger partial charge >= 0.3 is 0 Å². The number of hydrogen-bond donors (Lipinski definition) is 3. The second-order valence-corrected chi connectivity index (χ2v) is 6.48. The van der Waals surface area contributed by atoms with Gasteiger partial charge in [-0.05, 0) is 30.2 Å². The molecule has 0 aliphatic rings. The van der Waals surface area contributed by atoms with Crippen molar-refractivity contribution >= 4 is 39.3 Å². The highest BCUT2D eigenvalue weighted by Crippen LogP contribution is 2.23. The van der Waals surface area contributed by atoms with Gasteiger partial charge in [-0.3, -0.25) is 4.79 Å². The zero-order valence-corrected chi connectivity index (χ0v) is 14.5. The summed E-state index contributed by atoms with van der Waals surface area (Å²) < 4.78 is 0. The first kappa shape index (κ1) is 16.2. The molecule has 0 aliphatic carbocycles. The molecular formula is C20H15ClN4O. The number of nitriles is 1. The number of carbonyl (C=O) groups excluding carboxylic acids is 1. The minimum Gasteiger partial charge on any atom is -0.361 e. The van der Waals surface area contributed by atoms with E-state index in [2.05, 4.69) is 21.4 Å². The van der Waals surface area contributed by atoms with Crippen molar-refractivity contribution in [2.75, 3.05) is 6.54 Å². The van der Waals surface area contributed by atoms with Crippen LogP contribution in [0.4, 0.5) is 0 Å². The van der Waals surface area contributed by atoms with Crippen LogP contribution < -0.4 is 5.32 Å². The predicted octanol–water partition coefficient (Wildman–Crippen LogP) is 4.15. The summed E-state index contributed by atoms with van der Waals surface area (Å²) in [5.41, 5.74) is 3.54. The van der Waals surface area contributed by atoms with Crippen LogP contribution in [-0.2, 0) is 6.42 Å². The fraction of sp³-hybridized carbons (Fsp3) is 0.100. The molecule has 26 heavy (non-hydrogen) atoms. The molecule has 0 fully saturated rings. The molecule has 0 saturated heterocycles. The summed E-state index contributed by atoms with van der Waals surface area (Å²) in [5.74, 6) is -0.277. The number of aromatic amines is 2. The first-order chi connectivity index (χ1) is 12.7. The van der Waals surface area contributed by atoms with Gasteiger partial charge in [0.15, 0.2) is 0 Å². The summed E-state index contributed by atoms with van der Waals surface area (Å²) in [5, 5.41) is 14.8. The molecule has 0 unspecified atom stereocenters. The third kappa shape index (κ3) is 2.81. The summed E-state index contributed by atoms with van der Waals surface area (Å²) in [6.45, 7) is 0.467. The molecule has 2 aromatic carbocycles. The van der Waals surface area contributed by atoms with E-state index in [-0.39, 0.29) is 5.91 Å². The van der Waals surface area contributed by atoms with Crippen molar-refractivity contribution in [2.24, 2.45) is 0 Å². The van der Waals surface area contributed by atoms with E-state index in [0.717, 1.165) is 27.4 Å². The molecule has 1 amide bonds. The average Bonchev–Trinajstić information content (AvgIpc) is 3.22. The maximum atomic E-state index is 12.5. The lowest BCUT2D eigenvalue weighted by molar-refractivity contribution is 0.0950. The van der Waals surface area contributed by atoms with Gasteiger partial charge in [0.2, 0.25) is 0 Å². The topological polar surface area (TPSA) is 84.5 Å². The third-order valence-electron chi connectivity index (χ3n) is 4.45. The number of carbonyl (C=O) groups is 1. The Balaban J connectivity index is 1.50. The highest BCUT2D eigenvalue weighted by atomic mass is 35.5. The lowest BCUT2D eigenvalue weighted by Crippen LogP contribution is -2.26. The Morgan fingerprint density at radius 3 is 2.85 bits per heavy atom. The molecule has 2 aromatic heterocycles. The summed E-state index contributed by atoms with van der Waals surface area (Å²) in [4.78, 5) is 18.7. The van der Waals surface area contributed by atoms with Crippen LogP contribution in [0.15, 0.2) is 48.7 Å². The zero-order chi connectivity index (χ0) is 18.1. The summed E-state index contributed by atoms with van der Waals surface area (Å²) in [6, 6.07) is 15.2. The van der Waals surface area contributed by atoms with Gasteiger partial charge in [0.05, 0.1) is 5.56 Å². The van der Waals surface area contributed by atoms with Gasteiger partial charge in [0, 0.05) is 39.6 Å². The van der Waals surface area contributed by atoms with Gasteiger partial charge in [-0.2, -0.15) is 5.26 Å². The number of nitrogens with zero attached hydrogens (tertiary/aromatic N) is 1. The Labute approximate surface area is 154 Å². The van der Waals surface area contributed by atoms with Crippen LogP contribution in [0.1, 0.15) is 21.6 Å². The van der Waals surface area contributed by atoms with Crippen molar-refractivity contribution < 1.29 is 4.79 Å². The Morgan fingerprint density at radius 2 is 2.00 bits per heavy atom. The van der Waals surface area contributed by atoms with E-state index in [0.29, 0.717) is 29.2 Å². The maximum Gasteiger partial charge on any atom is 0.269 e. The number of rotatable bonds is 4. The van der Waals surface area contributed by atoms with Crippen molar-refractivity contribution in [1.82, 2.24) is 15.3 Å². The van der Waals surface area contributed by atoms with E-state index in [1.54, 1.807) is 0 Å². The van der Waals surface area contributed by atoms with Gasteiger partial charge in [0.1, 0.15) is 11.8 Å². The Morgan fingerprint density at radius 1 is 1.15 bits per heavy atom. The van der Waals surface area contributed by atoms with Crippen molar-refractivity contribution in [2.45, 2.75) is 6.42 Å². The minimum absolute atomic E-state index is 0.277. The smallest absolute Gasteiger partial charge is 0.269 e. The van der Waals surface area contributed by atoms with Crippen LogP contribution in [0.25, 0.3) is 21.8 Å². The molecule has 128 valence electrons.